The number of hydrogen-bond donors (Lipinski definition) is 1. The largest absolute Gasteiger partial charge is 0.369 e. The zero-order chi connectivity index (χ0) is 19.5. The molecule has 148 valence electrons. The van der Waals surface area contributed by atoms with Crippen molar-refractivity contribution in [2.24, 2.45) is 0 Å². The number of thioether (sulfide) groups is 1. The van der Waals surface area contributed by atoms with Crippen LogP contribution in [-0.2, 0) is 4.79 Å². The van der Waals surface area contributed by atoms with Gasteiger partial charge in [-0.3, -0.25) is 9.69 Å². The fourth-order valence-corrected chi connectivity index (χ4v) is 5.33. The molecular formula is C22H26ClN3OS. The minimum Gasteiger partial charge on any atom is -0.369 e. The van der Waals surface area contributed by atoms with Crippen LogP contribution in [0.25, 0.3) is 0 Å². The molecule has 1 amide bonds. The minimum absolute atomic E-state index is 0.0158. The van der Waals surface area contributed by atoms with Crippen molar-refractivity contribution in [1.82, 2.24) is 4.90 Å². The highest BCUT2D eigenvalue weighted by atomic mass is 35.5. The number of fused-ring (bicyclic) bond motifs is 1. The third kappa shape index (κ3) is 4.48. The molecule has 2 aromatic rings. The van der Waals surface area contributed by atoms with E-state index in [9.17, 15) is 4.79 Å². The van der Waals surface area contributed by atoms with Gasteiger partial charge in [0.05, 0.1) is 10.9 Å². The number of para-hydroxylation sites is 1. The highest BCUT2D eigenvalue weighted by molar-refractivity contribution is 8.01. The summed E-state index contributed by atoms with van der Waals surface area (Å²) in [5.41, 5.74) is 3.33. The van der Waals surface area contributed by atoms with Crippen molar-refractivity contribution in [2.45, 2.75) is 29.9 Å². The Balaban J connectivity index is 1.24. The lowest BCUT2D eigenvalue weighted by Gasteiger charge is -2.36. The smallest absolute Gasteiger partial charge is 0.237 e. The van der Waals surface area contributed by atoms with Gasteiger partial charge < -0.3 is 10.2 Å². The molecule has 6 heteroatoms. The number of rotatable bonds is 5. The first kappa shape index (κ1) is 19.6. The number of carbonyl (C=O) groups is 1. The fraction of sp³-hybridized carbons (Fsp3) is 0.409. The van der Waals surface area contributed by atoms with Crippen LogP contribution in [0.3, 0.4) is 0 Å². The first-order chi connectivity index (χ1) is 13.6. The van der Waals surface area contributed by atoms with Crippen LogP contribution in [0, 0.1) is 6.92 Å². The molecule has 1 fully saturated rings. The SMILES string of the molecule is Cc1cccc2c1NC(=O)C(CCCN1CCN(c3cccc(Cl)c3)CC1)S2. The normalized spacial score (nSPS) is 20.0. The summed E-state index contributed by atoms with van der Waals surface area (Å²) in [5, 5.41) is 3.91. The molecule has 4 rings (SSSR count). The summed E-state index contributed by atoms with van der Waals surface area (Å²) in [6, 6.07) is 14.3. The molecule has 2 aliphatic heterocycles. The Morgan fingerprint density at radius 1 is 1.14 bits per heavy atom. The predicted octanol–water partition coefficient (Wildman–Crippen LogP) is 4.66. The van der Waals surface area contributed by atoms with E-state index in [4.69, 9.17) is 11.6 Å². The van der Waals surface area contributed by atoms with Crippen LogP contribution in [0.1, 0.15) is 18.4 Å². The molecule has 0 aliphatic carbocycles. The highest BCUT2D eigenvalue weighted by Gasteiger charge is 2.27. The number of halogens is 1. The van der Waals surface area contributed by atoms with Crippen LogP contribution in [0.15, 0.2) is 47.4 Å². The van der Waals surface area contributed by atoms with Crippen LogP contribution in [0.5, 0.6) is 0 Å². The third-order valence-electron chi connectivity index (χ3n) is 5.53. The quantitative estimate of drug-likeness (QED) is 0.770. The van der Waals surface area contributed by atoms with E-state index in [1.807, 2.05) is 31.2 Å². The van der Waals surface area contributed by atoms with Crippen molar-refractivity contribution < 1.29 is 4.79 Å². The van der Waals surface area contributed by atoms with Crippen LogP contribution >= 0.6 is 23.4 Å². The molecule has 2 aliphatic rings. The Morgan fingerprint density at radius 2 is 1.93 bits per heavy atom. The van der Waals surface area contributed by atoms with Gasteiger partial charge in [-0.05, 0) is 56.1 Å². The summed E-state index contributed by atoms with van der Waals surface area (Å²) < 4.78 is 0. The maximum absolute atomic E-state index is 12.5. The van der Waals surface area contributed by atoms with Crippen molar-refractivity contribution in [3.63, 3.8) is 0 Å². The number of anilines is 2. The Kier molecular flexibility index (Phi) is 6.14. The van der Waals surface area contributed by atoms with Gasteiger partial charge in [0, 0.05) is 41.8 Å². The van der Waals surface area contributed by atoms with E-state index < -0.39 is 0 Å². The van der Waals surface area contributed by atoms with Crippen LogP contribution in [-0.4, -0.2) is 48.8 Å². The van der Waals surface area contributed by atoms with E-state index in [1.54, 1.807) is 11.8 Å². The van der Waals surface area contributed by atoms with Crippen molar-refractivity contribution in [1.29, 1.82) is 0 Å². The van der Waals surface area contributed by atoms with Crippen LogP contribution < -0.4 is 10.2 Å². The van der Waals surface area contributed by atoms with Crippen LogP contribution in [0.4, 0.5) is 11.4 Å². The Hall–Kier alpha value is -1.69. The van der Waals surface area contributed by atoms with Gasteiger partial charge in [-0.2, -0.15) is 0 Å². The van der Waals surface area contributed by atoms with Crippen molar-refractivity contribution in [2.75, 3.05) is 42.9 Å². The first-order valence-corrected chi connectivity index (χ1v) is 11.2. The molecular weight excluding hydrogens is 390 g/mol. The van der Waals surface area contributed by atoms with Gasteiger partial charge in [-0.25, -0.2) is 0 Å². The second-order valence-corrected chi connectivity index (χ2v) is 9.18. The van der Waals surface area contributed by atoms with Crippen molar-refractivity contribution in [3.05, 3.63) is 53.1 Å². The van der Waals surface area contributed by atoms with E-state index in [-0.39, 0.29) is 11.2 Å². The molecule has 0 radical (unpaired) electrons. The molecule has 0 aromatic heterocycles. The molecule has 1 atom stereocenters. The molecule has 1 N–H and O–H groups in total. The van der Waals surface area contributed by atoms with Crippen molar-refractivity contribution >= 4 is 40.6 Å². The third-order valence-corrected chi connectivity index (χ3v) is 7.09. The monoisotopic (exact) mass is 415 g/mol. The Labute approximate surface area is 176 Å². The van der Waals surface area contributed by atoms with Gasteiger partial charge in [-0.1, -0.05) is 29.8 Å². The van der Waals surface area contributed by atoms with Gasteiger partial charge in [0.15, 0.2) is 0 Å². The van der Waals surface area contributed by atoms with E-state index in [2.05, 4.69) is 33.3 Å². The minimum atomic E-state index is 0.0158. The molecule has 2 heterocycles. The van der Waals surface area contributed by atoms with Crippen molar-refractivity contribution in [3.8, 4) is 0 Å². The summed E-state index contributed by atoms with van der Waals surface area (Å²) in [4.78, 5) is 18.5. The highest BCUT2D eigenvalue weighted by Crippen LogP contribution is 2.39. The second kappa shape index (κ2) is 8.76. The summed E-state index contributed by atoms with van der Waals surface area (Å²) in [6.07, 6.45) is 1.96. The molecule has 0 bridgehead atoms. The predicted molar refractivity (Wildman–Crippen MR) is 119 cm³/mol. The van der Waals surface area contributed by atoms with Gasteiger partial charge >= 0.3 is 0 Å². The number of piperazine rings is 1. The number of hydrogen-bond acceptors (Lipinski definition) is 4. The topological polar surface area (TPSA) is 35.6 Å². The molecule has 1 saturated heterocycles. The number of carbonyl (C=O) groups excluding carboxylic acids is 1. The molecule has 4 nitrogen and oxygen atoms in total. The number of aryl methyl sites for hydroxylation is 1. The number of amides is 1. The van der Waals surface area contributed by atoms with E-state index >= 15 is 0 Å². The average Bonchev–Trinajstić information content (AvgIpc) is 2.70. The van der Waals surface area contributed by atoms with E-state index in [0.29, 0.717) is 0 Å². The maximum Gasteiger partial charge on any atom is 0.237 e. The Bertz CT molecular complexity index is 851. The lowest BCUT2D eigenvalue weighted by Crippen LogP contribution is -2.46. The number of benzene rings is 2. The zero-order valence-electron chi connectivity index (χ0n) is 16.2. The maximum atomic E-state index is 12.5. The van der Waals surface area contributed by atoms with Crippen LogP contribution in [0.2, 0.25) is 5.02 Å². The summed E-state index contributed by atoms with van der Waals surface area (Å²) in [6.45, 7) is 7.24. The van der Waals surface area contributed by atoms with Gasteiger partial charge in [0.25, 0.3) is 0 Å². The molecule has 28 heavy (non-hydrogen) atoms. The standard InChI is InChI=1S/C22H26ClN3OS/c1-16-5-2-8-19-21(16)24-22(27)20(28-19)9-4-10-25-11-13-26(14-12-25)18-7-3-6-17(23)15-18/h2-3,5-8,15,20H,4,9-14H2,1H3,(H,24,27). The summed E-state index contributed by atoms with van der Waals surface area (Å²) >= 11 is 7.83. The molecule has 2 aromatic carbocycles. The van der Waals surface area contributed by atoms with Gasteiger partial charge in [0.1, 0.15) is 0 Å². The van der Waals surface area contributed by atoms with E-state index in [1.165, 1.54) is 10.6 Å². The van der Waals surface area contributed by atoms with E-state index in [0.717, 1.165) is 61.8 Å². The molecule has 0 saturated carbocycles. The molecule has 1 unspecified atom stereocenters. The second-order valence-electron chi connectivity index (χ2n) is 7.49. The van der Waals surface area contributed by atoms with Gasteiger partial charge in [-0.15, -0.1) is 11.8 Å². The number of nitrogens with one attached hydrogen (secondary N) is 1. The average molecular weight is 416 g/mol. The Morgan fingerprint density at radius 3 is 2.71 bits per heavy atom. The summed E-state index contributed by atoms with van der Waals surface area (Å²) in [5.74, 6) is 0.151. The number of nitrogens with zero attached hydrogens (tertiary/aromatic N) is 2. The molecule has 0 spiro atoms. The summed E-state index contributed by atoms with van der Waals surface area (Å²) in [7, 11) is 0. The zero-order valence-corrected chi connectivity index (χ0v) is 17.7. The lowest BCUT2D eigenvalue weighted by atomic mass is 10.1. The lowest BCUT2D eigenvalue weighted by molar-refractivity contribution is -0.116. The first-order valence-electron chi connectivity index (χ1n) is 9.90. The fourth-order valence-electron chi connectivity index (χ4n) is 3.90. The van der Waals surface area contributed by atoms with Gasteiger partial charge in [0.2, 0.25) is 5.91 Å².